The first-order valence-corrected chi connectivity index (χ1v) is 7.92. The van der Waals surface area contributed by atoms with E-state index in [0.29, 0.717) is 5.56 Å². The Morgan fingerprint density at radius 2 is 2.13 bits per heavy atom. The summed E-state index contributed by atoms with van der Waals surface area (Å²) in [5.41, 5.74) is 7.74. The van der Waals surface area contributed by atoms with E-state index in [9.17, 15) is 4.39 Å². The number of benzene rings is 1. The zero-order valence-electron chi connectivity index (χ0n) is 12.7. The fourth-order valence-corrected chi connectivity index (χ4v) is 3.73. The molecule has 2 atom stereocenters. The van der Waals surface area contributed by atoms with Gasteiger partial charge in [-0.15, -0.1) is 0 Å². The highest BCUT2D eigenvalue weighted by Gasteiger charge is 2.48. The summed E-state index contributed by atoms with van der Waals surface area (Å²) in [4.78, 5) is 8.37. The van der Waals surface area contributed by atoms with Crippen molar-refractivity contribution in [3.8, 4) is 11.1 Å². The fourth-order valence-electron chi connectivity index (χ4n) is 3.73. The molecule has 1 aromatic heterocycles. The highest BCUT2D eigenvalue weighted by Crippen LogP contribution is 2.46. The van der Waals surface area contributed by atoms with E-state index in [4.69, 9.17) is 10.5 Å². The van der Waals surface area contributed by atoms with Gasteiger partial charge in [-0.3, -0.25) is 0 Å². The molecule has 1 aliphatic carbocycles. The number of halogens is 1. The number of amidine groups is 1. The molecule has 0 saturated heterocycles. The average molecular weight is 311 g/mol. The third-order valence-corrected chi connectivity index (χ3v) is 4.81. The Bertz CT molecular complexity index is 776. The summed E-state index contributed by atoms with van der Waals surface area (Å²) in [6.07, 6.45) is 5.47. The third-order valence-electron chi connectivity index (χ3n) is 4.81. The van der Waals surface area contributed by atoms with Crippen LogP contribution in [0.25, 0.3) is 11.1 Å². The van der Waals surface area contributed by atoms with Gasteiger partial charge < -0.3 is 10.5 Å². The minimum atomic E-state index is -0.465. The van der Waals surface area contributed by atoms with Crippen LogP contribution in [0.2, 0.25) is 0 Å². The van der Waals surface area contributed by atoms with Crippen molar-refractivity contribution in [2.45, 2.75) is 37.3 Å². The minimum absolute atomic E-state index is 0.0229. The summed E-state index contributed by atoms with van der Waals surface area (Å²) in [5.74, 6) is -0.465. The molecule has 1 aliphatic heterocycles. The zero-order chi connectivity index (χ0) is 15.9. The Balaban J connectivity index is 1.81. The standard InChI is InChI=1S/C18H18FN3O/c19-16-14(7-4-10-21-16)12-5-3-6-13(11-12)18-9-2-1-8-15(18)23-17(20)22-18/h3-7,10-11,15H,1-2,8-9H2,(H2,20,22)/t15-,18-/m1/s1. The predicted molar refractivity (Wildman–Crippen MR) is 86.3 cm³/mol. The molecule has 2 aromatic rings. The molecule has 2 heterocycles. The largest absolute Gasteiger partial charge is 0.459 e. The van der Waals surface area contributed by atoms with Crippen molar-refractivity contribution in [3.63, 3.8) is 0 Å². The Kier molecular flexibility index (Phi) is 3.29. The smallest absolute Gasteiger partial charge is 0.283 e. The van der Waals surface area contributed by atoms with Gasteiger partial charge in [0.25, 0.3) is 6.02 Å². The van der Waals surface area contributed by atoms with Crippen LogP contribution >= 0.6 is 0 Å². The van der Waals surface area contributed by atoms with Gasteiger partial charge in [-0.1, -0.05) is 24.6 Å². The van der Waals surface area contributed by atoms with Gasteiger partial charge in [0.15, 0.2) is 0 Å². The number of fused-ring (bicyclic) bond motifs is 1. The van der Waals surface area contributed by atoms with Crippen LogP contribution in [-0.4, -0.2) is 17.1 Å². The number of aromatic nitrogens is 1. The van der Waals surface area contributed by atoms with E-state index in [2.05, 4.69) is 9.98 Å². The van der Waals surface area contributed by atoms with Crippen LogP contribution in [0.4, 0.5) is 4.39 Å². The molecule has 1 aromatic carbocycles. The van der Waals surface area contributed by atoms with Crippen LogP contribution in [-0.2, 0) is 10.3 Å². The van der Waals surface area contributed by atoms with Crippen molar-refractivity contribution in [1.29, 1.82) is 0 Å². The molecule has 23 heavy (non-hydrogen) atoms. The average Bonchev–Trinajstić information content (AvgIpc) is 2.92. The first-order chi connectivity index (χ1) is 11.2. The van der Waals surface area contributed by atoms with Crippen molar-refractivity contribution in [2.75, 3.05) is 0 Å². The highest BCUT2D eigenvalue weighted by molar-refractivity contribution is 5.75. The van der Waals surface area contributed by atoms with Crippen LogP contribution in [0.1, 0.15) is 31.2 Å². The zero-order valence-corrected chi connectivity index (χ0v) is 12.7. The second-order valence-corrected chi connectivity index (χ2v) is 6.15. The SMILES string of the molecule is NC1=N[C@@]2(c3cccc(-c4cccnc4F)c3)CCCC[C@H]2O1. The van der Waals surface area contributed by atoms with Crippen LogP contribution in [0, 0.1) is 5.95 Å². The normalized spacial score (nSPS) is 26.3. The molecule has 118 valence electrons. The second kappa shape index (κ2) is 5.33. The van der Waals surface area contributed by atoms with Gasteiger partial charge in [0.1, 0.15) is 11.6 Å². The van der Waals surface area contributed by atoms with Crippen LogP contribution < -0.4 is 5.73 Å². The molecular weight excluding hydrogens is 293 g/mol. The van der Waals surface area contributed by atoms with Gasteiger partial charge in [0, 0.05) is 11.8 Å². The Morgan fingerprint density at radius 3 is 3.00 bits per heavy atom. The fraction of sp³-hybridized carbons (Fsp3) is 0.333. The lowest BCUT2D eigenvalue weighted by molar-refractivity contribution is 0.0907. The maximum atomic E-state index is 14.0. The van der Waals surface area contributed by atoms with E-state index in [1.807, 2.05) is 24.3 Å². The van der Waals surface area contributed by atoms with Crippen molar-refractivity contribution in [1.82, 2.24) is 4.98 Å². The summed E-state index contributed by atoms with van der Waals surface area (Å²) in [7, 11) is 0. The number of rotatable bonds is 2. The lowest BCUT2D eigenvalue weighted by atomic mass is 9.75. The summed E-state index contributed by atoms with van der Waals surface area (Å²) < 4.78 is 19.7. The number of nitrogens with zero attached hydrogens (tertiary/aromatic N) is 2. The summed E-state index contributed by atoms with van der Waals surface area (Å²) >= 11 is 0. The number of ether oxygens (including phenoxy) is 1. The van der Waals surface area contributed by atoms with Crippen LogP contribution in [0.3, 0.4) is 0 Å². The lowest BCUT2D eigenvalue weighted by Gasteiger charge is -2.35. The van der Waals surface area contributed by atoms with Gasteiger partial charge in [-0.05, 0) is 48.6 Å². The number of pyridine rings is 1. The van der Waals surface area contributed by atoms with E-state index in [0.717, 1.165) is 36.8 Å². The molecule has 4 rings (SSSR count). The third kappa shape index (κ3) is 2.27. The Morgan fingerprint density at radius 1 is 1.22 bits per heavy atom. The van der Waals surface area contributed by atoms with Crippen molar-refractivity contribution in [2.24, 2.45) is 10.7 Å². The molecule has 0 radical (unpaired) electrons. The van der Waals surface area contributed by atoms with Crippen LogP contribution in [0.5, 0.6) is 0 Å². The topological polar surface area (TPSA) is 60.5 Å². The minimum Gasteiger partial charge on any atom is -0.459 e. The summed E-state index contributed by atoms with van der Waals surface area (Å²) in [6, 6.07) is 11.6. The van der Waals surface area contributed by atoms with E-state index < -0.39 is 11.5 Å². The number of aliphatic imine (C=N–C) groups is 1. The molecule has 1 fully saturated rings. The molecule has 2 N–H and O–H groups in total. The van der Waals surface area contributed by atoms with E-state index in [1.165, 1.54) is 6.20 Å². The molecule has 0 spiro atoms. The predicted octanol–water partition coefficient (Wildman–Crippen LogP) is 3.37. The number of hydrogen-bond donors (Lipinski definition) is 1. The van der Waals surface area contributed by atoms with Crippen LogP contribution in [0.15, 0.2) is 47.6 Å². The molecule has 5 heteroatoms. The molecule has 0 amide bonds. The molecule has 4 nitrogen and oxygen atoms in total. The van der Waals surface area contributed by atoms with Gasteiger partial charge in [-0.25, -0.2) is 9.98 Å². The van der Waals surface area contributed by atoms with Gasteiger partial charge in [-0.2, -0.15) is 4.39 Å². The quantitative estimate of drug-likeness (QED) is 0.865. The van der Waals surface area contributed by atoms with Crippen molar-refractivity contribution >= 4 is 6.02 Å². The maximum absolute atomic E-state index is 14.0. The van der Waals surface area contributed by atoms with E-state index in [1.54, 1.807) is 12.1 Å². The maximum Gasteiger partial charge on any atom is 0.283 e. The van der Waals surface area contributed by atoms with Gasteiger partial charge in [0.2, 0.25) is 5.95 Å². The lowest BCUT2D eigenvalue weighted by Crippen LogP contribution is -2.38. The van der Waals surface area contributed by atoms with Gasteiger partial charge >= 0.3 is 0 Å². The number of hydrogen-bond acceptors (Lipinski definition) is 4. The van der Waals surface area contributed by atoms with E-state index in [-0.39, 0.29) is 12.1 Å². The Labute approximate surface area is 134 Å². The van der Waals surface area contributed by atoms with Gasteiger partial charge in [0.05, 0.1) is 0 Å². The first kappa shape index (κ1) is 14.2. The molecule has 0 bridgehead atoms. The molecular formula is C18H18FN3O. The Hall–Kier alpha value is -2.43. The first-order valence-electron chi connectivity index (χ1n) is 7.92. The van der Waals surface area contributed by atoms with E-state index >= 15 is 0 Å². The molecule has 0 unspecified atom stereocenters. The highest BCUT2D eigenvalue weighted by atomic mass is 19.1. The van der Waals surface area contributed by atoms with Crippen molar-refractivity contribution < 1.29 is 9.13 Å². The monoisotopic (exact) mass is 311 g/mol. The molecule has 2 aliphatic rings. The summed E-state index contributed by atoms with van der Waals surface area (Å²) in [5, 5.41) is 0. The second-order valence-electron chi connectivity index (χ2n) is 6.15. The number of nitrogens with two attached hydrogens (primary N) is 1. The summed E-state index contributed by atoms with van der Waals surface area (Å²) in [6.45, 7) is 0. The van der Waals surface area contributed by atoms with Crippen molar-refractivity contribution in [3.05, 3.63) is 54.1 Å². The molecule has 1 saturated carbocycles.